The molecule has 0 bridgehead atoms. The second kappa shape index (κ2) is 11.5. The fourth-order valence-corrected chi connectivity index (χ4v) is 4.11. The highest BCUT2D eigenvalue weighted by Gasteiger charge is 2.37. The summed E-state index contributed by atoms with van der Waals surface area (Å²) in [6.45, 7) is 9.82. The molecule has 2 heterocycles. The largest absolute Gasteiger partial charge is 0.502 e. The highest BCUT2D eigenvalue weighted by atomic mass is 16.3. The minimum Gasteiger partial charge on any atom is -0.502 e. The average molecular weight is 489 g/mol. The van der Waals surface area contributed by atoms with Gasteiger partial charge in [-0.2, -0.15) is 0 Å². The third-order valence-electron chi connectivity index (χ3n) is 6.26. The van der Waals surface area contributed by atoms with Crippen LogP contribution < -0.4 is 10.9 Å². The fraction of sp³-hybridized carbons (Fsp3) is 0.556. The molecule has 8 heteroatoms. The van der Waals surface area contributed by atoms with E-state index in [0.717, 1.165) is 31.5 Å². The number of carbonyl (C=O) groups excluding carboxylic acids is 2. The Bertz CT molecular complexity index is 1090. The Morgan fingerprint density at radius 1 is 0.743 bits per heavy atom. The van der Waals surface area contributed by atoms with Crippen LogP contribution in [0.2, 0.25) is 0 Å². The zero-order chi connectivity index (χ0) is 26.4. The molecule has 8 nitrogen and oxygen atoms in total. The van der Waals surface area contributed by atoms with E-state index in [4.69, 9.17) is 8.83 Å². The normalized spacial score (nSPS) is 12.2. The number of ketones is 2. The third-order valence-corrected chi connectivity index (χ3v) is 6.26. The lowest BCUT2D eigenvalue weighted by Gasteiger charge is -2.33. The molecule has 0 radical (unpaired) electrons. The predicted molar refractivity (Wildman–Crippen MR) is 131 cm³/mol. The molecule has 0 amide bonds. The highest BCUT2D eigenvalue weighted by molar-refractivity contribution is 5.81. The van der Waals surface area contributed by atoms with E-state index in [1.165, 1.54) is 0 Å². The van der Waals surface area contributed by atoms with Crippen molar-refractivity contribution in [1.29, 1.82) is 0 Å². The maximum atomic E-state index is 12.7. The highest BCUT2D eigenvalue weighted by Crippen LogP contribution is 2.42. The van der Waals surface area contributed by atoms with Gasteiger partial charge in [0.1, 0.15) is 24.1 Å². The van der Waals surface area contributed by atoms with Gasteiger partial charge >= 0.3 is 0 Å². The van der Waals surface area contributed by atoms with Crippen LogP contribution in [-0.4, -0.2) is 21.8 Å². The zero-order valence-corrected chi connectivity index (χ0v) is 21.2. The maximum Gasteiger partial charge on any atom is 0.230 e. The molecule has 0 aromatic carbocycles. The molecule has 0 spiro atoms. The summed E-state index contributed by atoms with van der Waals surface area (Å²) in [4.78, 5) is 50.0. The first kappa shape index (κ1) is 28.1. The summed E-state index contributed by atoms with van der Waals surface area (Å²) < 4.78 is 10.2. The first-order chi connectivity index (χ1) is 16.2. The monoisotopic (exact) mass is 488 g/mol. The van der Waals surface area contributed by atoms with Crippen molar-refractivity contribution in [3.05, 3.63) is 56.6 Å². The summed E-state index contributed by atoms with van der Waals surface area (Å²) in [5.41, 5.74) is -2.13. The smallest absolute Gasteiger partial charge is 0.230 e. The molecule has 0 aliphatic rings. The Hall–Kier alpha value is -3.16. The fourth-order valence-electron chi connectivity index (χ4n) is 4.11. The number of rotatable bonds is 12. The van der Waals surface area contributed by atoms with Gasteiger partial charge in [-0.1, -0.05) is 34.6 Å². The van der Waals surface area contributed by atoms with E-state index in [9.17, 15) is 29.4 Å². The number of Topliss-reactive ketones (excluding diaryl/α,β-unsaturated/α-hetero) is 2. The van der Waals surface area contributed by atoms with Crippen LogP contribution in [0.4, 0.5) is 0 Å². The van der Waals surface area contributed by atoms with Gasteiger partial charge in [-0.3, -0.25) is 19.2 Å². The third kappa shape index (κ3) is 7.94. The van der Waals surface area contributed by atoms with Gasteiger partial charge in [-0.25, -0.2) is 0 Å². The molecule has 2 N–H and O–H groups in total. The van der Waals surface area contributed by atoms with Crippen LogP contribution in [0, 0.1) is 10.8 Å². The first-order valence-corrected chi connectivity index (χ1v) is 11.8. The van der Waals surface area contributed by atoms with Crippen molar-refractivity contribution in [1.82, 2.24) is 0 Å². The van der Waals surface area contributed by atoms with Crippen molar-refractivity contribution < 1.29 is 28.6 Å². The minimum absolute atomic E-state index is 0.0183. The van der Waals surface area contributed by atoms with Crippen LogP contribution in [-0.2, 0) is 9.59 Å². The maximum absolute atomic E-state index is 12.7. The molecule has 35 heavy (non-hydrogen) atoms. The van der Waals surface area contributed by atoms with E-state index in [1.54, 1.807) is 13.8 Å². The van der Waals surface area contributed by atoms with Gasteiger partial charge in [0.2, 0.25) is 10.9 Å². The van der Waals surface area contributed by atoms with E-state index >= 15 is 0 Å². The van der Waals surface area contributed by atoms with Crippen LogP contribution in [0.15, 0.2) is 43.5 Å². The molecule has 0 aliphatic heterocycles. The lowest BCUT2D eigenvalue weighted by Crippen LogP contribution is -2.31. The van der Waals surface area contributed by atoms with Crippen LogP contribution in [0.5, 0.6) is 11.5 Å². The summed E-state index contributed by atoms with van der Waals surface area (Å²) in [5, 5.41) is 19.8. The van der Waals surface area contributed by atoms with Crippen LogP contribution >= 0.6 is 0 Å². The van der Waals surface area contributed by atoms with Gasteiger partial charge in [0.05, 0.1) is 12.5 Å². The molecule has 0 saturated heterocycles. The number of carbonyl (C=O) groups is 2. The summed E-state index contributed by atoms with van der Waals surface area (Å²) >= 11 is 0. The molecular formula is C27H36O8. The van der Waals surface area contributed by atoms with E-state index < -0.39 is 33.7 Å². The summed E-state index contributed by atoms with van der Waals surface area (Å²) in [5.74, 6) is -2.01. The Morgan fingerprint density at radius 2 is 1.17 bits per heavy atom. The van der Waals surface area contributed by atoms with E-state index in [1.807, 2.05) is 0 Å². The van der Waals surface area contributed by atoms with Gasteiger partial charge in [0.25, 0.3) is 0 Å². The van der Waals surface area contributed by atoms with Crippen molar-refractivity contribution in [3.8, 4) is 11.5 Å². The van der Waals surface area contributed by atoms with Crippen molar-refractivity contribution in [2.75, 3.05) is 0 Å². The minimum atomic E-state index is -0.916. The van der Waals surface area contributed by atoms with Crippen molar-refractivity contribution in [2.24, 2.45) is 10.8 Å². The van der Waals surface area contributed by atoms with Crippen LogP contribution in [0.25, 0.3) is 0 Å². The standard InChI is InChI=1S/C27H36O8/c1-26(2,3)11-9-17(28)7-6-8-18(29)10-12-27(4,5)23(19-13-34-15-21(30)24(19)32)20-14-35-16-22(31)25(20)33/h13-16,23,30-31H,6-12H2,1-5H3. The topological polar surface area (TPSA) is 135 Å². The van der Waals surface area contributed by atoms with Gasteiger partial charge < -0.3 is 19.0 Å². The molecule has 0 fully saturated rings. The molecule has 2 aromatic rings. The average Bonchev–Trinajstić information content (AvgIpc) is 2.76. The lowest BCUT2D eigenvalue weighted by molar-refractivity contribution is -0.121. The molecule has 0 aliphatic carbocycles. The van der Waals surface area contributed by atoms with Gasteiger partial charge in [-0.15, -0.1) is 0 Å². The van der Waals surface area contributed by atoms with E-state index in [-0.39, 0.29) is 41.0 Å². The Morgan fingerprint density at radius 3 is 1.60 bits per heavy atom. The van der Waals surface area contributed by atoms with E-state index in [0.29, 0.717) is 25.7 Å². The van der Waals surface area contributed by atoms with Crippen LogP contribution in [0.3, 0.4) is 0 Å². The number of aromatic hydroxyl groups is 2. The lowest BCUT2D eigenvalue weighted by atomic mass is 9.69. The predicted octanol–water partition coefficient (Wildman–Crippen LogP) is 5.08. The van der Waals surface area contributed by atoms with Crippen LogP contribution in [0.1, 0.15) is 96.6 Å². The first-order valence-electron chi connectivity index (χ1n) is 11.8. The van der Waals surface area contributed by atoms with Crippen molar-refractivity contribution in [2.45, 2.75) is 85.5 Å². The molecular weight excluding hydrogens is 452 g/mol. The van der Waals surface area contributed by atoms with Crippen molar-refractivity contribution in [3.63, 3.8) is 0 Å². The van der Waals surface area contributed by atoms with Gasteiger partial charge in [-0.05, 0) is 30.1 Å². The quantitative estimate of drug-likeness (QED) is 0.422. The zero-order valence-electron chi connectivity index (χ0n) is 21.2. The van der Waals surface area contributed by atoms with Crippen molar-refractivity contribution >= 4 is 11.6 Å². The molecule has 0 atom stereocenters. The number of hydrogen-bond acceptors (Lipinski definition) is 8. The molecule has 0 saturated carbocycles. The Balaban J connectivity index is 2.14. The molecule has 2 rings (SSSR count). The van der Waals surface area contributed by atoms with Gasteiger partial charge in [0.15, 0.2) is 11.5 Å². The Labute approximate surface area is 205 Å². The summed E-state index contributed by atoms with van der Waals surface area (Å²) in [6.07, 6.45) is 7.01. The molecule has 0 unspecified atom stereocenters. The summed E-state index contributed by atoms with van der Waals surface area (Å²) in [7, 11) is 0. The summed E-state index contributed by atoms with van der Waals surface area (Å²) in [6, 6.07) is 0. The molecule has 192 valence electrons. The number of hydrogen-bond donors (Lipinski definition) is 2. The SMILES string of the molecule is CC(C)(C)CCC(=O)CCCC(=O)CCC(C)(C)C(c1cocc(O)c1=O)c1cocc(O)c1=O. The molecule has 2 aromatic heterocycles. The van der Waals surface area contributed by atoms with E-state index in [2.05, 4.69) is 20.8 Å². The Kier molecular flexibility index (Phi) is 9.24. The second-order valence-electron chi connectivity index (χ2n) is 11.0. The second-order valence-corrected chi connectivity index (χ2v) is 11.0. The van der Waals surface area contributed by atoms with Gasteiger partial charge in [0, 0.05) is 42.7 Å².